The normalized spacial score (nSPS) is 13.4. The largest absolute Gasteiger partial charge is 0.493 e. The highest BCUT2D eigenvalue weighted by molar-refractivity contribution is 5.98. The summed E-state index contributed by atoms with van der Waals surface area (Å²) in [4.78, 5) is 24.6. The molecule has 7 heteroatoms. The van der Waals surface area contributed by atoms with Crippen molar-refractivity contribution in [3.63, 3.8) is 0 Å². The number of rotatable bonds is 7. The van der Waals surface area contributed by atoms with E-state index in [1.807, 2.05) is 32.0 Å². The van der Waals surface area contributed by atoms with Crippen molar-refractivity contribution < 1.29 is 23.8 Å². The molecule has 0 aliphatic carbocycles. The van der Waals surface area contributed by atoms with Gasteiger partial charge in [0.15, 0.2) is 11.5 Å². The van der Waals surface area contributed by atoms with E-state index >= 15 is 0 Å². The number of benzene rings is 2. The highest BCUT2D eigenvalue weighted by Crippen LogP contribution is 2.32. The molecular formula is C21H24N2O5. The molecule has 2 aromatic carbocycles. The maximum absolute atomic E-state index is 12.4. The molecule has 2 amide bonds. The van der Waals surface area contributed by atoms with Crippen LogP contribution in [0.3, 0.4) is 0 Å². The zero-order valence-corrected chi connectivity index (χ0v) is 16.0. The second-order valence-corrected chi connectivity index (χ2v) is 6.30. The number of fused-ring (bicyclic) bond motifs is 1. The minimum Gasteiger partial charge on any atom is -0.493 e. The smallest absolute Gasteiger partial charge is 0.255 e. The lowest BCUT2D eigenvalue weighted by atomic mass is 10.1. The molecule has 1 heterocycles. The van der Waals surface area contributed by atoms with Gasteiger partial charge in [-0.15, -0.1) is 0 Å². The van der Waals surface area contributed by atoms with Crippen molar-refractivity contribution in [2.45, 2.75) is 19.9 Å². The molecule has 0 saturated carbocycles. The fourth-order valence-electron chi connectivity index (χ4n) is 2.90. The van der Waals surface area contributed by atoms with Gasteiger partial charge in [0.1, 0.15) is 19.0 Å². The first-order chi connectivity index (χ1) is 13.6. The Morgan fingerprint density at radius 1 is 1.11 bits per heavy atom. The molecule has 2 aromatic rings. The van der Waals surface area contributed by atoms with Crippen LogP contribution in [0.2, 0.25) is 0 Å². The summed E-state index contributed by atoms with van der Waals surface area (Å²) in [5.74, 6) is 1.22. The second-order valence-electron chi connectivity index (χ2n) is 6.30. The molecule has 1 unspecified atom stereocenters. The van der Waals surface area contributed by atoms with Crippen LogP contribution in [0.15, 0.2) is 42.5 Å². The lowest BCUT2D eigenvalue weighted by molar-refractivity contribution is -0.120. The van der Waals surface area contributed by atoms with E-state index < -0.39 is 0 Å². The molecule has 0 aromatic heterocycles. The van der Waals surface area contributed by atoms with Crippen molar-refractivity contribution in [1.29, 1.82) is 0 Å². The maximum Gasteiger partial charge on any atom is 0.255 e. The standard InChI is InChI=1S/C21H24N2O5/c1-3-26-17-7-5-4-6-16(17)21(25)22-13-20(24)23-14(2)15-8-9-18-19(12-15)28-11-10-27-18/h4-9,12,14H,3,10-11,13H2,1-2H3,(H,22,25)(H,23,24). The molecule has 28 heavy (non-hydrogen) atoms. The predicted molar refractivity (Wildman–Crippen MR) is 104 cm³/mol. The Morgan fingerprint density at radius 3 is 2.64 bits per heavy atom. The number of ether oxygens (including phenoxy) is 3. The molecule has 0 spiro atoms. The summed E-state index contributed by atoms with van der Waals surface area (Å²) in [5, 5.41) is 5.50. The SMILES string of the molecule is CCOc1ccccc1C(=O)NCC(=O)NC(C)c1ccc2c(c1)OCCO2. The van der Waals surface area contributed by atoms with Crippen LogP contribution in [0, 0.1) is 0 Å². The van der Waals surface area contributed by atoms with Crippen molar-refractivity contribution in [1.82, 2.24) is 10.6 Å². The monoisotopic (exact) mass is 384 g/mol. The molecule has 1 atom stereocenters. The first kappa shape index (κ1) is 19.5. The summed E-state index contributed by atoms with van der Waals surface area (Å²) in [6.07, 6.45) is 0. The van der Waals surface area contributed by atoms with Crippen molar-refractivity contribution >= 4 is 11.8 Å². The van der Waals surface area contributed by atoms with Crippen LogP contribution in [0.5, 0.6) is 17.2 Å². The van der Waals surface area contributed by atoms with Gasteiger partial charge < -0.3 is 24.8 Å². The van der Waals surface area contributed by atoms with Crippen molar-refractivity contribution in [2.24, 2.45) is 0 Å². The van der Waals surface area contributed by atoms with Crippen LogP contribution in [-0.4, -0.2) is 38.2 Å². The van der Waals surface area contributed by atoms with Gasteiger partial charge in [0.2, 0.25) is 5.91 Å². The minimum atomic E-state index is -0.355. The number of carbonyl (C=O) groups is 2. The maximum atomic E-state index is 12.4. The molecule has 0 bridgehead atoms. The Labute approximate surface area is 164 Å². The third-order valence-corrected chi connectivity index (χ3v) is 4.28. The van der Waals surface area contributed by atoms with E-state index in [4.69, 9.17) is 14.2 Å². The Kier molecular flexibility index (Phi) is 6.37. The van der Waals surface area contributed by atoms with Crippen LogP contribution < -0.4 is 24.8 Å². The van der Waals surface area contributed by atoms with E-state index in [2.05, 4.69) is 10.6 Å². The summed E-state index contributed by atoms with van der Waals surface area (Å²) in [6.45, 7) is 5.08. The van der Waals surface area contributed by atoms with Crippen LogP contribution in [0.4, 0.5) is 0 Å². The van der Waals surface area contributed by atoms with Gasteiger partial charge >= 0.3 is 0 Å². The van der Waals surface area contributed by atoms with E-state index in [9.17, 15) is 9.59 Å². The fraction of sp³-hybridized carbons (Fsp3) is 0.333. The molecule has 7 nitrogen and oxygen atoms in total. The van der Waals surface area contributed by atoms with Gasteiger partial charge in [0, 0.05) is 0 Å². The third kappa shape index (κ3) is 4.73. The molecule has 1 aliphatic rings. The fourth-order valence-corrected chi connectivity index (χ4v) is 2.90. The van der Waals surface area contributed by atoms with E-state index in [-0.39, 0.29) is 24.4 Å². The topological polar surface area (TPSA) is 85.9 Å². The van der Waals surface area contributed by atoms with Crippen molar-refractivity contribution in [2.75, 3.05) is 26.4 Å². The lowest BCUT2D eigenvalue weighted by Crippen LogP contribution is -2.38. The first-order valence-corrected chi connectivity index (χ1v) is 9.27. The van der Waals surface area contributed by atoms with Gasteiger partial charge in [-0.1, -0.05) is 18.2 Å². The molecule has 148 valence electrons. The Hall–Kier alpha value is -3.22. The Balaban J connectivity index is 1.55. The van der Waals surface area contributed by atoms with Gasteiger partial charge in [-0.2, -0.15) is 0 Å². The quantitative estimate of drug-likeness (QED) is 0.766. The predicted octanol–water partition coefficient (Wildman–Crippen LogP) is 2.46. The number of carbonyl (C=O) groups excluding carboxylic acids is 2. The number of amides is 2. The van der Waals surface area contributed by atoms with Gasteiger partial charge in [-0.3, -0.25) is 9.59 Å². The number of hydrogen-bond acceptors (Lipinski definition) is 5. The highest BCUT2D eigenvalue weighted by atomic mass is 16.6. The number of hydrogen-bond donors (Lipinski definition) is 2. The average Bonchev–Trinajstić information content (AvgIpc) is 2.72. The Morgan fingerprint density at radius 2 is 1.86 bits per heavy atom. The zero-order chi connectivity index (χ0) is 19.9. The molecule has 0 radical (unpaired) electrons. The molecule has 0 fully saturated rings. The van der Waals surface area contributed by atoms with Crippen molar-refractivity contribution in [3.8, 4) is 17.2 Å². The molecule has 3 rings (SSSR count). The zero-order valence-electron chi connectivity index (χ0n) is 16.0. The second kappa shape index (κ2) is 9.12. The first-order valence-electron chi connectivity index (χ1n) is 9.27. The van der Waals surface area contributed by atoms with Crippen LogP contribution in [0.25, 0.3) is 0 Å². The van der Waals surface area contributed by atoms with Crippen LogP contribution >= 0.6 is 0 Å². The van der Waals surface area contributed by atoms with Crippen LogP contribution in [-0.2, 0) is 4.79 Å². The van der Waals surface area contributed by atoms with Gasteiger partial charge in [0.25, 0.3) is 5.91 Å². The van der Waals surface area contributed by atoms with Gasteiger partial charge in [0.05, 0.1) is 24.8 Å². The lowest BCUT2D eigenvalue weighted by Gasteiger charge is -2.21. The van der Waals surface area contributed by atoms with Gasteiger partial charge in [-0.05, 0) is 43.7 Å². The van der Waals surface area contributed by atoms with E-state index in [1.165, 1.54) is 0 Å². The van der Waals surface area contributed by atoms with E-state index in [0.29, 0.717) is 42.6 Å². The van der Waals surface area contributed by atoms with E-state index in [1.54, 1.807) is 24.3 Å². The number of nitrogens with one attached hydrogen (secondary N) is 2. The highest BCUT2D eigenvalue weighted by Gasteiger charge is 2.17. The van der Waals surface area contributed by atoms with E-state index in [0.717, 1.165) is 5.56 Å². The third-order valence-electron chi connectivity index (χ3n) is 4.28. The summed E-state index contributed by atoms with van der Waals surface area (Å²) < 4.78 is 16.5. The summed E-state index contributed by atoms with van der Waals surface area (Å²) in [6, 6.07) is 12.3. The summed E-state index contributed by atoms with van der Waals surface area (Å²) in [7, 11) is 0. The molecule has 0 saturated heterocycles. The van der Waals surface area contributed by atoms with Crippen molar-refractivity contribution in [3.05, 3.63) is 53.6 Å². The average molecular weight is 384 g/mol. The molecule has 1 aliphatic heterocycles. The summed E-state index contributed by atoms with van der Waals surface area (Å²) in [5.41, 5.74) is 1.29. The Bertz CT molecular complexity index is 852. The summed E-state index contributed by atoms with van der Waals surface area (Å²) >= 11 is 0. The molecular weight excluding hydrogens is 360 g/mol. The van der Waals surface area contributed by atoms with Gasteiger partial charge in [-0.25, -0.2) is 0 Å². The minimum absolute atomic E-state index is 0.131. The molecule has 2 N–H and O–H groups in total. The number of para-hydroxylation sites is 1. The van der Waals surface area contributed by atoms with Crippen LogP contribution in [0.1, 0.15) is 35.8 Å².